The number of carbonyl (C=O) groups is 1. The Balaban J connectivity index is 2.01. The fourth-order valence-corrected chi connectivity index (χ4v) is 2.34. The quantitative estimate of drug-likeness (QED) is 0.852. The summed E-state index contributed by atoms with van der Waals surface area (Å²) in [6.45, 7) is 0.412. The number of benzene rings is 2. The van der Waals surface area contributed by atoms with Gasteiger partial charge in [-0.1, -0.05) is 30.3 Å². The van der Waals surface area contributed by atoms with Crippen molar-refractivity contribution in [3.05, 3.63) is 71.3 Å². The third kappa shape index (κ3) is 5.14. The molecule has 0 aliphatic rings. The lowest BCUT2D eigenvalue weighted by atomic mass is 10.1. The first kappa shape index (κ1) is 17.1. The molecule has 0 fully saturated rings. The van der Waals surface area contributed by atoms with Gasteiger partial charge in [0.05, 0.1) is 13.0 Å². The van der Waals surface area contributed by atoms with Gasteiger partial charge in [0.15, 0.2) is 0 Å². The Labute approximate surface area is 134 Å². The van der Waals surface area contributed by atoms with Crippen molar-refractivity contribution in [2.75, 3.05) is 19.7 Å². The van der Waals surface area contributed by atoms with Crippen LogP contribution >= 0.6 is 0 Å². The minimum absolute atomic E-state index is 0.0256. The van der Waals surface area contributed by atoms with E-state index in [0.29, 0.717) is 13.0 Å². The van der Waals surface area contributed by atoms with Gasteiger partial charge in [0.2, 0.25) is 5.91 Å². The molecule has 0 heterocycles. The van der Waals surface area contributed by atoms with Crippen molar-refractivity contribution in [3.63, 3.8) is 0 Å². The van der Waals surface area contributed by atoms with Gasteiger partial charge in [0.25, 0.3) is 0 Å². The van der Waals surface area contributed by atoms with Gasteiger partial charge in [-0.15, -0.1) is 0 Å². The first-order valence-corrected chi connectivity index (χ1v) is 7.46. The number of aliphatic hydroxyl groups excluding tert-OH is 1. The molecule has 0 saturated carbocycles. The van der Waals surface area contributed by atoms with Gasteiger partial charge in [-0.2, -0.15) is 0 Å². The Hall–Kier alpha value is -2.27. The zero-order valence-corrected chi connectivity index (χ0v) is 12.7. The van der Waals surface area contributed by atoms with E-state index in [2.05, 4.69) is 0 Å². The number of hydrogen-bond acceptors (Lipinski definition) is 2. The van der Waals surface area contributed by atoms with Crippen molar-refractivity contribution in [3.8, 4) is 0 Å². The second-order valence-electron chi connectivity index (χ2n) is 5.25. The smallest absolute Gasteiger partial charge is 0.227 e. The number of rotatable bonds is 7. The van der Waals surface area contributed by atoms with Crippen molar-refractivity contribution in [1.29, 1.82) is 0 Å². The van der Waals surface area contributed by atoms with Gasteiger partial charge in [-0.25, -0.2) is 8.78 Å². The lowest BCUT2D eigenvalue weighted by Gasteiger charge is -2.22. The van der Waals surface area contributed by atoms with Gasteiger partial charge in [0.1, 0.15) is 11.6 Å². The van der Waals surface area contributed by atoms with E-state index in [0.717, 1.165) is 23.8 Å². The van der Waals surface area contributed by atoms with E-state index in [4.69, 9.17) is 5.11 Å². The molecule has 2 aromatic rings. The number of nitrogens with zero attached hydrogens (tertiary/aromatic N) is 1. The molecule has 2 aromatic carbocycles. The molecule has 0 bridgehead atoms. The number of hydrogen-bond donors (Lipinski definition) is 1. The summed E-state index contributed by atoms with van der Waals surface area (Å²) in [5, 5.41) is 9.12. The number of halogens is 2. The van der Waals surface area contributed by atoms with E-state index in [-0.39, 0.29) is 31.0 Å². The van der Waals surface area contributed by atoms with Crippen LogP contribution in [0.4, 0.5) is 8.78 Å². The van der Waals surface area contributed by atoms with Crippen molar-refractivity contribution in [1.82, 2.24) is 4.90 Å². The minimum atomic E-state index is -0.605. The second-order valence-corrected chi connectivity index (χ2v) is 5.25. The molecule has 0 aromatic heterocycles. The van der Waals surface area contributed by atoms with Crippen molar-refractivity contribution in [2.24, 2.45) is 0 Å². The van der Waals surface area contributed by atoms with Gasteiger partial charge in [-0.05, 0) is 30.2 Å². The average molecular weight is 319 g/mol. The van der Waals surface area contributed by atoms with Gasteiger partial charge < -0.3 is 10.0 Å². The number of amides is 1. The van der Waals surface area contributed by atoms with Crippen molar-refractivity contribution in [2.45, 2.75) is 12.8 Å². The summed E-state index contributed by atoms with van der Waals surface area (Å²) in [7, 11) is 0. The van der Waals surface area contributed by atoms with Crippen LogP contribution in [0.2, 0.25) is 0 Å². The third-order valence-corrected chi connectivity index (χ3v) is 3.59. The van der Waals surface area contributed by atoms with Crippen LogP contribution in [0.5, 0.6) is 0 Å². The monoisotopic (exact) mass is 319 g/mol. The van der Waals surface area contributed by atoms with Gasteiger partial charge in [0, 0.05) is 18.7 Å². The Morgan fingerprint density at radius 2 is 1.78 bits per heavy atom. The molecule has 0 saturated heterocycles. The molecule has 5 heteroatoms. The molecule has 3 nitrogen and oxygen atoms in total. The maximum absolute atomic E-state index is 13.6. The second kappa shape index (κ2) is 8.39. The molecule has 1 N–H and O–H groups in total. The molecule has 23 heavy (non-hydrogen) atoms. The highest BCUT2D eigenvalue weighted by molar-refractivity contribution is 5.78. The molecule has 2 rings (SSSR count). The largest absolute Gasteiger partial charge is 0.395 e. The molecular weight excluding hydrogens is 300 g/mol. The molecule has 122 valence electrons. The fraction of sp³-hybridized carbons (Fsp3) is 0.278. The van der Waals surface area contributed by atoms with E-state index in [1.54, 1.807) is 0 Å². The Kier molecular flexibility index (Phi) is 6.23. The third-order valence-electron chi connectivity index (χ3n) is 3.59. The maximum Gasteiger partial charge on any atom is 0.227 e. The lowest BCUT2D eigenvalue weighted by Crippen LogP contribution is -2.36. The normalized spacial score (nSPS) is 10.6. The topological polar surface area (TPSA) is 40.5 Å². The highest BCUT2D eigenvalue weighted by Crippen LogP contribution is 2.12. The van der Waals surface area contributed by atoms with E-state index < -0.39 is 11.6 Å². The molecule has 0 aliphatic carbocycles. The van der Waals surface area contributed by atoms with E-state index in [9.17, 15) is 13.6 Å². The predicted octanol–water partition coefficient (Wildman–Crippen LogP) is 2.57. The average Bonchev–Trinajstić information content (AvgIpc) is 2.55. The Morgan fingerprint density at radius 3 is 2.48 bits per heavy atom. The van der Waals surface area contributed by atoms with E-state index >= 15 is 0 Å². The Morgan fingerprint density at radius 1 is 1.04 bits per heavy atom. The van der Waals surface area contributed by atoms with Gasteiger partial charge >= 0.3 is 0 Å². The van der Waals surface area contributed by atoms with Crippen LogP contribution < -0.4 is 0 Å². The molecular formula is C18H19F2NO2. The molecule has 0 atom stereocenters. The molecule has 0 radical (unpaired) electrons. The molecule has 0 aliphatic heterocycles. The number of carbonyl (C=O) groups excluding carboxylic acids is 1. The maximum atomic E-state index is 13.6. The molecule has 1 amide bonds. The van der Waals surface area contributed by atoms with Crippen molar-refractivity contribution >= 4 is 5.91 Å². The van der Waals surface area contributed by atoms with Gasteiger partial charge in [-0.3, -0.25) is 4.79 Å². The summed E-state index contributed by atoms with van der Waals surface area (Å²) in [6.07, 6.45) is 0.413. The van der Waals surface area contributed by atoms with Crippen LogP contribution in [0.3, 0.4) is 0 Å². The van der Waals surface area contributed by atoms with Crippen LogP contribution in [0.15, 0.2) is 48.5 Å². The SMILES string of the molecule is O=C(Cc1cc(F)ccc1F)N(CCO)CCc1ccccc1. The molecule has 0 unspecified atom stereocenters. The predicted molar refractivity (Wildman–Crippen MR) is 83.9 cm³/mol. The summed E-state index contributed by atoms with van der Waals surface area (Å²) in [4.78, 5) is 13.8. The summed E-state index contributed by atoms with van der Waals surface area (Å²) in [5.74, 6) is -1.52. The van der Waals surface area contributed by atoms with Crippen LogP contribution in [0, 0.1) is 11.6 Å². The van der Waals surface area contributed by atoms with Crippen LogP contribution in [-0.2, 0) is 17.6 Å². The molecule has 0 spiro atoms. The van der Waals surface area contributed by atoms with Crippen LogP contribution in [0.25, 0.3) is 0 Å². The fourth-order valence-electron chi connectivity index (χ4n) is 2.34. The summed E-state index contributed by atoms with van der Waals surface area (Å²) in [5.41, 5.74) is 1.10. The first-order valence-electron chi connectivity index (χ1n) is 7.46. The Bertz CT molecular complexity index is 647. The summed E-state index contributed by atoms with van der Waals surface area (Å²) < 4.78 is 26.8. The van der Waals surface area contributed by atoms with E-state index in [1.165, 1.54) is 4.90 Å². The van der Waals surface area contributed by atoms with Crippen LogP contribution in [-0.4, -0.2) is 35.6 Å². The standard InChI is InChI=1S/C18H19F2NO2/c19-16-6-7-17(20)15(12-16)13-18(23)21(10-11-22)9-8-14-4-2-1-3-5-14/h1-7,12,22H,8-11,13H2. The van der Waals surface area contributed by atoms with E-state index in [1.807, 2.05) is 30.3 Å². The van der Waals surface area contributed by atoms with Crippen LogP contribution in [0.1, 0.15) is 11.1 Å². The minimum Gasteiger partial charge on any atom is -0.395 e. The zero-order valence-electron chi connectivity index (χ0n) is 12.7. The lowest BCUT2D eigenvalue weighted by molar-refractivity contribution is -0.131. The summed E-state index contributed by atoms with van der Waals surface area (Å²) in [6, 6.07) is 12.7. The van der Waals surface area contributed by atoms with Crippen molar-refractivity contribution < 1.29 is 18.7 Å². The zero-order chi connectivity index (χ0) is 16.7. The highest BCUT2D eigenvalue weighted by Gasteiger charge is 2.16. The number of aliphatic hydroxyl groups is 1. The first-order chi connectivity index (χ1) is 11.1. The highest BCUT2D eigenvalue weighted by atomic mass is 19.1. The summed E-state index contributed by atoms with van der Waals surface area (Å²) >= 11 is 0.